The predicted molar refractivity (Wildman–Crippen MR) is 51.4 cm³/mol. The summed E-state index contributed by atoms with van der Waals surface area (Å²) >= 11 is 2.13. The number of thioether (sulfide) groups is 1. The van der Waals surface area contributed by atoms with E-state index >= 15 is 0 Å². The summed E-state index contributed by atoms with van der Waals surface area (Å²) in [5.74, 6) is 2.66. The summed E-state index contributed by atoms with van der Waals surface area (Å²) in [7, 11) is 0. The lowest BCUT2D eigenvalue weighted by atomic mass is 9.62. The van der Waals surface area contributed by atoms with Crippen LogP contribution in [-0.4, -0.2) is 24.7 Å². The SMILES string of the molecule is C1=CC[C@@]23COC[C@@]2(C1)CSC3. The van der Waals surface area contributed by atoms with Crippen LogP contribution in [0.15, 0.2) is 12.2 Å². The number of hydrogen-bond donors (Lipinski definition) is 0. The van der Waals surface area contributed by atoms with Crippen LogP contribution in [-0.2, 0) is 4.74 Å². The molecule has 2 heterocycles. The van der Waals surface area contributed by atoms with Gasteiger partial charge in [-0.05, 0) is 12.8 Å². The Morgan fingerprint density at radius 3 is 2.17 bits per heavy atom. The maximum atomic E-state index is 5.69. The van der Waals surface area contributed by atoms with Gasteiger partial charge in [-0.25, -0.2) is 0 Å². The minimum atomic E-state index is 0.534. The van der Waals surface area contributed by atoms with E-state index in [4.69, 9.17) is 4.74 Å². The molecule has 2 fully saturated rings. The first-order valence-corrected chi connectivity index (χ1v) is 5.83. The summed E-state index contributed by atoms with van der Waals surface area (Å²) in [4.78, 5) is 0. The van der Waals surface area contributed by atoms with Gasteiger partial charge >= 0.3 is 0 Å². The highest BCUT2D eigenvalue weighted by Crippen LogP contribution is 2.60. The summed E-state index contributed by atoms with van der Waals surface area (Å²) in [6, 6.07) is 0. The second kappa shape index (κ2) is 2.30. The van der Waals surface area contributed by atoms with Gasteiger partial charge in [0.15, 0.2) is 0 Å². The van der Waals surface area contributed by atoms with Crippen LogP contribution in [0.25, 0.3) is 0 Å². The van der Waals surface area contributed by atoms with Crippen molar-refractivity contribution >= 4 is 11.8 Å². The Kier molecular flexibility index (Phi) is 1.43. The zero-order valence-corrected chi connectivity index (χ0v) is 8.03. The van der Waals surface area contributed by atoms with Gasteiger partial charge in [0, 0.05) is 22.3 Å². The van der Waals surface area contributed by atoms with Crippen molar-refractivity contribution in [1.29, 1.82) is 0 Å². The van der Waals surface area contributed by atoms with Crippen LogP contribution < -0.4 is 0 Å². The van der Waals surface area contributed by atoms with Crippen molar-refractivity contribution in [1.82, 2.24) is 0 Å². The zero-order valence-electron chi connectivity index (χ0n) is 7.21. The fraction of sp³-hybridized carbons (Fsp3) is 0.800. The first kappa shape index (κ1) is 7.45. The third-order valence-electron chi connectivity index (χ3n) is 3.82. The molecule has 2 saturated heterocycles. The Bertz CT molecular complexity index is 202. The molecule has 0 bridgehead atoms. The largest absolute Gasteiger partial charge is 0.380 e. The van der Waals surface area contributed by atoms with E-state index in [2.05, 4.69) is 23.9 Å². The Hall–Kier alpha value is 0.0500. The Morgan fingerprint density at radius 1 is 1.00 bits per heavy atom. The topological polar surface area (TPSA) is 9.23 Å². The molecule has 0 N–H and O–H groups in total. The standard InChI is InChI=1S/C10H14OS/c1-2-4-10-6-11-5-9(10,3-1)7-12-8-10/h1-2H,3-8H2/t9-,10-/m0/s1. The van der Waals surface area contributed by atoms with Gasteiger partial charge in [0.2, 0.25) is 0 Å². The molecule has 0 unspecified atom stereocenters. The lowest BCUT2D eigenvalue weighted by Crippen LogP contribution is -2.40. The summed E-state index contributed by atoms with van der Waals surface area (Å²) in [5.41, 5.74) is 1.07. The van der Waals surface area contributed by atoms with Gasteiger partial charge in [-0.15, -0.1) is 0 Å². The molecule has 1 aliphatic carbocycles. The second-order valence-electron chi connectivity index (χ2n) is 4.43. The van der Waals surface area contributed by atoms with Crippen LogP contribution in [0.1, 0.15) is 12.8 Å². The van der Waals surface area contributed by atoms with E-state index in [0.717, 1.165) is 13.2 Å². The quantitative estimate of drug-likeness (QED) is 0.530. The van der Waals surface area contributed by atoms with E-state index in [0.29, 0.717) is 10.8 Å². The average Bonchev–Trinajstić information content (AvgIpc) is 2.57. The van der Waals surface area contributed by atoms with Crippen molar-refractivity contribution < 1.29 is 4.74 Å². The molecule has 12 heavy (non-hydrogen) atoms. The molecule has 2 aliphatic heterocycles. The normalized spacial score (nSPS) is 50.7. The summed E-state index contributed by atoms with van der Waals surface area (Å²) in [6.07, 6.45) is 7.25. The first-order valence-electron chi connectivity index (χ1n) is 4.68. The summed E-state index contributed by atoms with van der Waals surface area (Å²) < 4.78 is 5.69. The fourth-order valence-corrected chi connectivity index (χ4v) is 4.76. The van der Waals surface area contributed by atoms with Crippen LogP contribution in [0, 0.1) is 10.8 Å². The van der Waals surface area contributed by atoms with Crippen molar-refractivity contribution in [2.45, 2.75) is 12.8 Å². The highest BCUT2D eigenvalue weighted by atomic mass is 32.2. The van der Waals surface area contributed by atoms with Gasteiger partial charge in [-0.1, -0.05) is 12.2 Å². The molecule has 0 aromatic heterocycles. The van der Waals surface area contributed by atoms with Gasteiger partial charge in [0.25, 0.3) is 0 Å². The van der Waals surface area contributed by atoms with E-state index < -0.39 is 0 Å². The van der Waals surface area contributed by atoms with E-state index in [-0.39, 0.29) is 0 Å². The van der Waals surface area contributed by atoms with Crippen LogP contribution in [0.3, 0.4) is 0 Å². The molecule has 1 nitrogen and oxygen atoms in total. The van der Waals surface area contributed by atoms with E-state index in [1.807, 2.05) is 0 Å². The molecular weight excluding hydrogens is 168 g/mol. The van der Waals surface area contributed by atoms with Crippen molar-refractivity contribution in [3.8, 4) is 0 Å². The molecule has 0 radical (unpaired) electrons. The Morgan fingerprint density at radius 2 is 1.58 bits per heavy atom. The predicted octanol–water partition coefficient (Wildman–Crippen LogP) is 2.09. The number of ether oxygens (including phenoxy) is 1. The minimum Gasteiger partial charge on any atom is -0.380 e. The van der Waals surface area contributed by atoms with Gasteiger partial charge < -0.3 is 4.74 Å². The highest BCUT2D eigenvalue weighted by Gasteiger charge is 2.58. The van der Waals surface area contributed by atoms with Gasteiger partial charge in [-0.3, -0.25) is 0 Å². The van der Waals surface area contributed by atoms with E-state index in [1.165, 1.54) is 24.3 Å². The summed E-state index contributed by atoms with van der Waals surface area (Å²) in [6.45, 7) is 2.04. The molecule has 0 saturated carbocycles. The highest BCUT2D eigenvalue weighted by molar-refractivity contribution is 7.99. The Labute approximate surface area is 77.6 Å². The van der Waals surface area contributed by atoms with Crippen molar-refractivity contribution in [3.63, 3.8) is 0 Å². The molecule has 0 spiro atoms. The lowest BCUT2D eigenvalue weighted by molar-refractivity contribution is 0.157. The van der Waals surface area contributed by atoms with Crippen LogP contribution in [0.4, 0.5) is 0 Å². The van der Waals surface area contributed by atoms with Crippen molar-refractivity contribution in [3.05, 3.63) is 12.2 Å². The summed E-state index contributed by atoms with van der Waals surface area (Å²) in [5, 5.41) is 0. The first-order chi connectivity index (χ1) is 5.87. The van der Waals surface area contributed by atoms with E-state index in [9.17, 15) is 0 Å². The smallest absolute Gasteiger partial charge is 0.0540 e. The molecule has 0 aromatic carbocycles. The Balaban J connectivity index is 2.06. The molecular formula is C10H14OS. The maximum absolute atomic E-state index is 5.69. The molecule has 66 valence electrons. The van der Waals surface area contributed by atoms with Gasteiger partial charge in [0.05, 0.1) is 13.2 Å². The lowest BCUT2D eigenvalue weighted by Gasteiger charge is -2.39. The monoisotopic (exact) mass is 182 g/mol. The second-order valence-corrected chi connectivity index (χ2v) is 5.41. The fourth-order valence-electron chi connectivity index (χ4n) is 2.87. The molecule has 0 aromatic rings. The van der Waals surface area contributed by atoms with Crippen LogP contribution in [0.2, 0.25) is 0 Å². The molecule has 3 rings (SSSR count). The number of hydrogen-bond acceptors (Lipinski definition) is 2. The van der Waals surface area contributed by atoms with Gasteiger partial charge in [0.1, 0.15) is 0 Å². The van der Waals surface area contributed by atoms with Crippen molar-refractivity contribution in [2.24, 2.45) is 10.8 Å². The van der Waals surface area contributed by atoms with Crippen molar-refractivity contribution in [2.75, 3.05) is 24.7 Å². The molecule has 0 amide bonds. The maximum Gasteiger partial charge on any atom is 0.0540 e. The van der Waals surface area contributed by atoms with E-state index in [1.54, 1.807) is 0 Å². The minimum absolute atomic E-state index is 0.534. The number of rotatable bonds is 0. The van der Waals surface area contributed by atoms with Crippen LogP contribution in [0.5, 0.6) is 0 Å². The molecule has 3 aliphatic rings. The number of allylic oxidation sites excluding steroid dienone is 2. The van der Waals surface area contributed by atoms with Gasteiger partial charge in [-0.2, -0.15) is 11.8 Å². The third-order valence-corrected chi connectivity index (χ3v) is 5.34. The average molecular weight is 182 g/mol. The molecule has 2 heteroatoms. The van der Waals surface area contributed by atoms with Crippen LogP contribution >= 0.6 is 11.8 Å². The third kappa shape index (κ3) is 0.710. The zero-order chi connectivity index (χ0) is 8.07. The molecule has 2 atom stereocenters.